The van der Waals surface area contributed by atoms with E-state index in [2.05, 4.69) is 37.0 Å². The second-order valence-corrected chi connectivity index (χ2v) is 17.1. The number of imide groups is 2. The Hall–Kier alpha value is -5.45. The van der Waals surface area contributed by atoms with Gasteiger partial charge in [0, 0.05) is 94.6 Å². The Balaban J connectivity index is 0.713. The van der Waals surface area contributed by atoms with Crippen LogP contribution in [0.3, 0.4) is 0 Å². The van der Waals surface area contributed by atoms with Gasteiger partial charge in [0.05, 0.1) is 22.7 Å². The quantitative estimate of drug-likeness (QED) is 0.242. The zero-order chi connectivity index (χ0) is 40.1. The van der Waals surface area contributed by atoms with Gasteiger partial charge in [-0.1, -0.05) is 17.7 Å². The molecule has 300 valence electrons. The summed E-state index contributed by atoms with van der Waals surface area (Å²) < 4.78 is 6.10. The molecule has 1 unspecified atom stereocenters. The first-order chi connectivity index (χ1) is 28.1. The lowest BCUT2D eigenvalue weighted by molar-refractivity contribution is -0.136. The van der Waals surface area contributed by atoms with Crippen LogP contribution in [0.4, 0.5) is 17.1 Å². The number of nitrogens with one attached hydrogen (secondary N) is 1. The third-order valence-corrected chi connectivity index (χ3v) is 13.5. The fraction of sp³-hybridized carbons (Fsp3) is 0.455. The molecule has 6 heterocycles. The van der Waals surface area contributed by atoms with E-state index in [0.717, 1.165) is 94.1 Å². The van der Waals surface area contributed by atoms with Crippen LogP contribution in [0.2, 0.25) is 5.02 Å². The van der Waals surface area contributed by atoms with E-state index in [1.54, 1.807) is 30.3 Å². The Bertz CT molecular complexity index is 2190. The number of likely N-dealkylation sites (tertiary alicyclic amines) is 2. The summed E-state index contributed by atoms with van der Waals surface area (Å²) in [4.78, 5) is 77.6. The highest BCUT2D eigenvalue weighted by molar-refractivity contribution is 6.33. The van der Waals surface area contributed by atoms with Crippen LogP contribution in [0, 0.1) is 12.0 Å². The van der Waals surface area contributed by atoms with Crippen LogP contribution >= 0.6 is 11.6 Å². The van der Waals surface area contributed by atoms with Gasteiger partial charge in [-0.2, -0.15) is 0 Å². The number of rotatable bonds is 7. The van der Waals surface area contributed by atoms with Crippen molar-refractivity contribution in [3.8, 4) is 5.75 Å². The van der Waals surface area contributed by atoms with E-state index >= 15 is 0 Å². The number of hydrogen-bond donors (Lipinski definition) is 1. The van der Waals surface area contributed by atoms with Crippen LogP contribution in [0.5, 0.6) is 5.75 Å². The van der Waals surface area contributed by atoms with Crippen molar-refractivity contribution in [2.75, 3.05) is 62.2 Å². The van der Waals surface area contributed by atoms with Crippen LogP contribution in [0.1, 0.15) is 82.4 Å². The molecule has 6 aliphatic rings. The van der Waals surface area contributed by atoms with Crippen molar-refractivity contribution in [1.29, 1.82) is 0 Å². The number of ether oxygens (including phenoxy) is 1. The van der Waals surface area contributed by atoms with Gasteiger partial charge in [-0.15, -0.1) is 0 Å². The van der Waals surface area contributed by atoms with Gasteiger partial charge in [-0.05, 0) is 92.1 Å². The molecular weight excluding hydrogens is 758 g/mol. The minimum atomic E-state index is -0.965. The number of halogens is 1. The topological polar surface area (TPSA) is 127 Å². The van der Waals surface area contributed by atoms with Crippen LogP contribution in [0.15, 0.2) is 60.7 Å². The summed E-state index contributed by atoms with van der Waals surface area (Å²) in [5.74, 6) is -1.25. The first-order valence-corrected chi connectivity index (χ1v) is 20.8. The van der Waals surface area contributed by atoms with E-state index < -0.39 is 23.8 Å². The fourth-order valence-electron chi connectivity index (χ4n) is 9.79. The van der Waals surface area contributed by atoms with Crippen molar-refractivity contribution in [3.63, 3.8) is 0 Å². The fourth-order valence-corrected chi connectivity index (χ4v) is 10.0. The lowest BCUT2D eigenvalue weighted by atomic mass is 9.70. The van der Waals surface area contributed by atoms with Gasteiger partial charge in [0.2, 0.25) is 17.5 Å². The van der Waals surface area contributed by atoms with Crippen molar-refractivity contribution in [1.82, 2.24) is 20.0 Å². The van der Waals surface area contributed by atoms with Gasteiger partial charge in [0.25, 0.3) is 17.7 Å². The molecule has 9 rings (SSSR count). The van der Waals surface area contributed by atoms with Crippen LogP contribution in [-0.2, 0) is 9.59 Å². The number of carbonyl (C=O) groups excluding carboxylic acids is 5. The maximum Gasteiger partial charge on any atom is 0.262 e. The van der Waals surface area contributed by atoms with Crippen molar-refractivity contribution in [2.45, 2.75) is 69.6 Å². The lowest BCUT2D eigenvalue weighted by Gasteiger charge is -2.57. The number of fused-ring (bicyclic) bond motifs is 1. The van der Waals surface area contributed by atoms with Gasteiger partial charge in [-0.25, -0.2) is 4.85 Å². The number of anilines is 2. The van der Waals surface area contributed by atoms with Gasteiger partial charge in [-0.3, -0.25) is 39.1 Å². The summed E-state index contributed by atoms with van der Waals surface area (Å²) in [5.41, 5.74) is 4.16. The first kappa shape index (κ1) is 38.1. The van der Waals surface area contributed by atoms with E-state index in [-0.39, 0.29) is 30.8 Å². The highest BCUT2D eigenvalue weighted by atomic mass is 35.5. The first-order valence-electron chi connectivity index (χ1n) is 20.4. The van der Waals surface area contributed by atoms with Gasteiger partial charge < -0.3 is 19.4 Å². The Morgan fingerprint density at radius 2 is 1.45 bits per heavy atom. The summed E-state index contributed by atoms with van der Waals surface area (Å²) in [6.07, 6.45) is 6.05. The largest absolute Gasteiger partial charge is 0.490 e. The van der Waals surface area contributed by atoms with E-state index in [9.17, 15) is 24.0 Å². The molecule has 6 aliphatic heterocycles. The molecule has 1 N–H and O–H groups in total. The number of amides is 5. The molecule has 5 amide bonds. The average Bonchev–Trinajstić information content (AvgIpc) is 3.48. The molecule has 5 saturated heterocycles. The van der Waals surface area contributed by atoms with Crippen LogP contribution in [0.25, 0.3) is 4.85 Å². The molecule has 58 heavy (non-hydrogen) atoms. The third kappa shape index (κ3) is 7.17. The highest BCUT2D eigenvalue weighted by Crippen LogP contribution is 2.44. The lowest BCUT2D eigenvalue weighted by Crippen LogP contribution is -2.64. The number of nitrogens with zero attached hydrogens (tertiary/aromatic N) is 6. The summed E-state index contributed by atoms with van der Waals surface area (Å²) in [6.45, 7) is 14.4. The van der Waals surface area contributed by atoms with Gasteiger partial charge in [0.15, 0.2) is 0 Å². The second kappa shape index (κ2) is 15.4. The molecule has 1 atom stereocenters. The Morgan fingerprint density at radius 1 is 0.776 bits per heavy atom. The summed E-state index contributed by atoms with van der Waals surface area (Å²) in [7, 11) is 0. The molecule has 1 spiro atoms. The minimum Gasteiger partial charge on any atom is -0.490 e. The summed E-state index contributed by atoms with van der Waals surface area (Å²) in [5, 5.41) is 2.63. The molecule has 3 aromatic carbocycles. The van der Waals surface area contributed by atoms with E-state index in [1.807, 2.05) is 23.1 Å². The molecule has 14 heteroatoms. The van der Waals surface area contributed by atoms with Crippen LogP contribution in [-0.4, -0.2) is 115 Å². The maximum absolute atomic E-state index is 13.4. The van der Waals surface area contributed by atoms with E-state index in [1.165, 1.54) is 0 Å². The SMILES string of the molecule is [C-]#[N+]c1ccc(OC2CCN(C(=O)c3ccc(N4CCC5(CC4)CN(C4CCN(c6ccc7c(c6)C(=O)N(C6CCC(=O)NC6=O)C7=O)CC4)C5)cc3)CC2)cc1Cl. The highest BCUT2D eigenvalue weighted by Gasteiger charge is 2.48. The standard InChI is InChI=1S/C44H46ClN7O6/c1-46-37-9-7-33(25-36(37)45)58-32-14-20-50(21-15-32)41(55)28-2-4-29(5-3-28)49-22-16-44(17-23-49)26-51(27-44)30-12-18-48(19-13-30)31-6-8-34-35(24-31)43(57)52(42(34)56)38-10-11-39(53)47-40(38)54/h2-9,24-25,30,32,38H,10-23,26-27H2,(H,47,53,54). The number of hydrogen-bond acceptors (Lipinski definition) is 9. The van der Waals surface area contributed by atoms with Gasteiger partial charge in [0.1, 0.15) is 17.9 Å². The van der Waals surface area contributed by atoms with Crippen molar-refractivity contribution in [2.24, 2.45) is 5.41 Å². The molecule has 0 aliphatic carbocycles. The maximum atomic E-state index is 13.4. The Kier molecular flexibility index (Phi) is 10.1. The number of piperidine rings is 4. The third-order valence-electron chi connectivity index (χ3n) is 13.2. The average molecular weight is 804 g/mol. The number of carbonyl (C=O) groups is 5. The Morgan fingerprint density at radius 3 is 2.12 bits per heavy atom. The number of benzene rings is 3. The molecular formula is C44H46ClN7O6. The molecule has 0 bridgehead atoms. The molecule has 5 fully saturated rings. The van der Waals surface area contributed by atoms with E-state index in [0.29, 0.717) is 57.7 Å². The molecule has 0 aromatic heterocycles. The van der Waals surface area contributed by atoms with E-state index in [4.69, 9.17) is 22.9 Å². The van der Waals surface area contributed by atoms with Crippen molar-refractivity contribution >= 4 is 58.2 Å². The monoisotopic (exact) mass is 803 g/mol. The van der Waals surface area contributed by atoms with Crippen molar-refractivity contribution < 1.29 is 28.7 Å². The van der Waals surface area contributed by atoms with Gasteiger partial charge >= 0.3 is 0 Å². The predicted octanol–water partition coefficient (Wildman–Crippen LogP) is 5.55. The predicted molar refractivity (Wildman–Crippen MR) is 218 cm³/mol. The second-order valence-electron chi connectivity index (χ2n) is 16.7. The Labute approximate surface area is 342 Å². The molecule has 13 nitrogen and oxygen atoms in total. The minimum absolute atomic E-state index is 0.00589. The van der Waals surface area contributed by atoms with Crippen LogP contribution < -0.4 is 19.9 Å². The smallest absolute Gasteiger partial charge is 0.262 e. The normalized spacial score (nSPS) is 22.8. The zero-order valence-electron chi connectivity index (χ0n) is 32.3. The zero-order valence-corrected chi connectivity index (χ0v) is 33.1. The van der Waals surface area contributed by atoms with Crippen molar-refractivity contribution in [3.05, 3.63) is 93.8 Å². The molecule has 3 aromatic rings. The molecule has 0 radical (unpaired) electrons. The molecule has 0 saturated carbocycles. The summed E-state index contributed by atoms with van der Waals surface area (Å²) >= 11 is 6.17. The summed E-state index contributed by atoms with van der Waals surface area (Å²) in [6, 6.07) is 18.1.